The molecule has 2 aliphatic rings. The van der Waals surface area contributed by atoms with Crippen molar-refractivity contribution in [3.63, 3.8) is 0 Å². The quantitative estimate of drug-likeness (QED) is 0.924. The molecule has 5 heteroatoms. The fourth-order valence-corrected chi connectivity index (χ4v) is 2.80. The Hall–Kier alpha value is -2.30. The third-order valence-corrected chi connectivity index (χ3v) is 4.15. The van der Waals surface area contributed by atoms with Crippen molar-refractivity contribution < 1.29 is 9.59 Å². The minimum Gasteiger partial charge on any atom is -0.341 e. The molecule has 0 aromatic heterocycles. The van der Waals surface area contributed by atoms with Crippen molar-refractivity contribution >= 4 is 17.5 Å². The average molecular weight is 299 g/mol. The van der Waals surface area contributed by atoms with Gasteiger partial charge in [0.25, 0.3) is 0 Å². The number of aryl methyl sites for hydroxylation is 1. The van der Waals surface area contributed by atoms with Gasteiger partial charge in [-0.1, -0.05) is 29.8 Å². The van der Waals surface area contributed by atoms with E-state index in [0.717, 1.165) is 37.2 Å². The van der Waals surface area contributed by atoms with Crippen LogP contribution >= 0.6 is 0 Å². The molecule has 2 amide bonds. The van der Waals surface area contributed by atoms with E-state index in [9.17, 15) is 9.59 Å². The predicted octanol–water partition coefficient (Wildman–Crippen LogP) is 1.70. The van der Waals surface area contributed by atoms with E-state index in [1.54, 1.807) is 0 Å². The molecule has 0 spiro atoms. The van der Waals surface area contributed by atoms with E-state index in [-0.39, 0.29) is 18.4 Å². The van der Waals surface area contributed by atoms with E-state index in [0.29, 0.717) is 6.42 Å². The molecule has 5 nitrogen and oxygen atoms in total. The molecule has 3 rings (SSSR count). The first-order chi connectivity index (χ1) is 10.6. The lowest BCUT2D eigenvalue weighted by atomic mass is 10.1. The molecule has 0 atom stereocenters. The number of carbonyl (C=O) groups is 2. The Labute approximate surface area is 130 Å². The smallest absolute Gasteiger partial charge is 0.245 e. The first-order valence-electron chi connectivity index (χ1n) is 7.75. The lowest BCUT2D eigenvalue weighted by Gasteiger charge is -2.30. The number of likely N-dealkylation sites (tertiary alicyclic amines) is 1. The standard InChI is InChI=1S/C17H21N3O2/c1-13-4-6-14(7-5-13)15-8-9-16(21)20(18-15)12-17(22)19-10-2-3-11-19/h4-8,18H,2-3,9-12H2,1H3. The van der Waals surface area contributed by atoms with Gasteiger partial charge < -0.3 is 4.90 Å². The van der Waals surface area contributed by atoms with Crippen molar-refractivity contribution in [1.82, 2.24) is 15.3 Å². The van der Waals surface area contributed by atoms with E-state index < -0.39 is 0 Å². The number of nitrogens with zero attached hydrogens (tertiary/aromatic N) is 2. The van der Waals surface area contributed by atoms with Gasteiger partial charge in [-0.15, -0.1) is 0 Å². The summed E-state index contributed by atoms with van der Waals surface area (Å²) in [4.78, 5) is 26.1. The maximum absolute atomic E-state index is 12.2. The van der Waals surface area contributed by atoms with Crippen LogP contribution in [0.1, 0.15) is 30.4 Å². The van der Waals surface area contributed by atoms with Gasteiger partial charge in [-0.2, -0.15) is 0 Å². The van der Waals surface area contributed by atoms with Crippen molar-refractivity contribution in [3.05, 3.63) is 41.5 Å². The molecule has 0 unspecified atom stereocenters. The largest absolute Gasteiger partial charge is 0.341 e. The molecule has 2 aliphatic heterocycles. The first-order valence-corrected chi connectivity index (χ1v) is 7.75. The normalized spacial score (nSPS) is 18.2. The Morgan fingerprint density at radius 3 is 2.55 bits per heavy atom. The third-order valence-electron chi connectivity index (χ3n) is 4.15. The molecule has 1 aromatic rings. The molecule has 0 aliphatic carbocycles. The van der Waals surface area contributed by atoms with Crippen LogP contribution in [0.4, 0.5) is 0 Å². The number of hydrogen-bond acceptors (Lipinski definition) is 3. The molecule has 2 heterocycles. The minimum absolute atomic E-state index is 0.0171. The minimum atomic E-state index is -0.0663. The highest BCUT2D eigenvalue weighted by atomic mass is 16.2. The van der Waals surface area contributed by atoms with Crippen LogP contribution in [0.25, 0.3) is 5.70 Å². The van der Waals surface area contributed by atoms with Crippen LogP contribution in [-0.2, 0) is 9.59 Å². The maximum Gasteiger partial charge on any atom is 0.245 e. The zero-order valence-electron chi connectivity index (χ0n) is 12.8. The van der Waals surface area contributed by atoms with Gasteiger partial charge in [0.05, 0.1) is 5.70 Å². The Morgan fingerprint density at radius 2 is 1.86 bits per heavy atom. The maximum atomic E-state index is 12.2. The Morgan fingerprint density at radius 1 is 1.18 bits per heavy atom. The van der Waals surface area contributed by atoms with Crippen LogP contribution in [0.2, 0.25) is 0 Å². The number of hydrogen-bond donors (Lipinski definition) is 1. The number of nitrogens with one attached hydrogen (secondary N) is 1. The molecule has 1 aromatic carbocycles. The van der Waals surface area contributed by atoms with Crippen LogP contribution < -0.4 is 5.43 Å². The van der Waals surface area contributed by atoms with Gasteiger partial charge in [0, 0.05) is 19.5 Å². The van der Waals surface area contributed by atoms with E-state index >= 15 is 0 Å². The average Bonchev–Trinajstić information content (AvgIpc) is 3.05. The summed E-state index contributed by atoms with van der Waals surface area (Å²) in [7, 11) is 0. The van der Waals surface area contributed by atoms with Gasteiger partial charge in [0.1, 0.15) is 6.54 Å². The Kier molecular flexibility index (Phi) is 4.13. The molecule has 22 heavy (non-hydrogen) atoms. The molecule has 0 radical (unpaired) electrons. The summed E-state index contributed by atoms with van der Waals surface area (Å²) in [6.07, 6.45) is 4.32. The highest BCUT2D eigenvalue weighted by Gasteiger charge is 2.25. The van der Waals surface area contributed by atoms with Gasteiger partial charge >= 0.3 is 0 Å². The fourth-order valence-electron chi connectivity index (χ4n) is 2.80. The van der Waals surface area contributed by atoms with Crippen LogP contribution in [0.15, 0.2) is 30.3 Å². The molecular weight excluding hydrogens is 278 g/mol. The summed E-state index contributed by atoms with van der Waals surface area (Å²) in [5.74, 6) is -0.0492. The fraction of sp³-hybridized carbons (Fsp3) is 0.412. The molecule has 1 N–H and O–H groups in total. The molecule has 116 valence electrons. The molecule has 0 saturated carbocycles. The second-order valence-corrected chi connectivity index (χ2v) is 5.87. The van der Waals surface area contributed by atoms with Gasteiger partial charge in [0.15, 0.2) is 0 Å². The predicted molar refractivity (Wildman–Crippen MR) is 84.4 cm³/mol. The van der Waals surface area contributed by atoms with Crippen LogP contribution in [-0.4, -0.2) is 41.4 Å². The van der Waals surface area contributed by atoms with Gasteiger partial charge in [0.2, 0.25) is 11.8 Å². The topological polar surface area (TPSA) is 52.7 Å². The van der Waals surface area contributed by atoms with Crippen LogP contribution in [0, 0.1) is 6.92 Å². The summed E-state index contributed by atoms with van der Waals surface area (Å²) in [5.41, 5.74) is 6.19. The summed E-state index contributed by atoms with van der Waals surface area (Å²) in [6, 6.07) is 8.11. The number of amides is 2. The zero-order chi connectivity index (χ0) is 15.5. The van der Waals surface area contributed by atoms with Crippen molar-refractivity contribution in [2.24, 2.45) is 0 Å². The van der Waals surface area contributed by atoms with Crippen molar-refractivity contribution in [1.29, 1.82) is 0 Å². The Balaban J connectivity index is 1.68. The molecule has 1 fully saturated rings. The molecular formula is C17H21N3O2. The summed E-state index contributed by atoms with van der Waals surface area (Å²) in [5, 5.41) is 1.44. The summed E-state index contributed by atoms with van der Waals surface area (Å²) >= 11 is 0. The van der Waals surface area contributed by atoms with Crippen molar-refractivity contribution in [2.45, 2.75) is 26.2 Å². The van der Waals surface area contributed by atoms with E-state index in [4.69, 9.17) is 0 Å². The van der Waals surface area contributed by atoms with Gasteiger partial charge in [-0.3, -0.25) is 15.0 Å². The van der Waals surface area contributed by atoms with Crippen molar-refractivity contribution in [3.8, 4) is 0 Å². The number of rotatable bonds is 3. The lowest BCUT2D eigenvalue weighted by molar-refractivity contribution is -0.141. The molecule has 0 bridgehead atoms. The van der Waals surface area contributed by atoms with Crippen LogP contribution in [0.3, 0.4) is 0 Å². The zero-order valence-corrected chi connectivity index (χ0v) is 12.8. The summed E-state index contributed by atoms with van der Waals surface area (Å²) < 4.78 is 0. The van der Waals surface area contributed by atoms with Gasteiger partial charge in [-0.05, 0) is 31.4 Å². The Bertz CT molecular complexity index is 601. The monoisotopic (exact) mass is 299 g/mol. The number of carbonyl (C=O) groups excluding carboxylic acids is 2. The van der Waals surface area contributed by atoms with Gasteiger partial charge in [-0.25, -0.2) is 5.01 Å². The second kappa shape index (κ2) is 6.22. The number of benzene rings is 1. The van der Waals surface area contributed by atoms with E-state index in [1.807, 2.05) is 42.2 Å². The summed E-state index contributed by atoms with van der Waals surface area (Å²) in [6.45, 7) is 3.75. The van der Waals surface area contributed by atoms with E-state index in [1.165, 1.54) is 10.6 Å². The third kappa shape index (κ3) is 3.13. The van der Waals surface area contributed by atoms with Crippen molar-refractivity contribution in [2.75, 3.05) is 19.6 Å². The first kappa shape index (κ1) is 14.6. The highest BCUT2D eigenvalue weighted by molar-refractivity contribution is 5.88. The highest BCUT2D eigenvalue weighted by Crippen LogP contribution is 2.18. The lowest BCUT2D eigenvalue weighted by Crippen LogP contribution is -2.49. The van der Waals surface area contributed by atoms with Crippen LogP contribution in [0.5, 0.6) is 0 Å². The van der Waals surface area contributed by atoms with E-state index in [2.05, 4.69) is 5.43 Å². The second-order valence-electron chi connectivity index (χ2n) is 5.87. The molecule has 1 saturated heterocycles. The SMILES string of the molecule is Cc1ccc(C2=CCC(=O)N(CC(=O)N3CCCC3)N2)cc1. The number of hydrazine groups is 1.